The number of nitrogens with zero attached hydrogens (tertiary/aromatic N) is 3. The number of carbonyl (C=O) groups excluding carboxylic acids is 1. The molecule has 2 heterocycles. The molecule has 2 aromatic rings. The molecule has 1 aromatic heterocycles. The molecule has 1 aromatic carbocycles. The van der Waals surface area contributed by atoms with Gasteiger partial charge in [0.2, 0.25) is 5.91 Å². The molecule has 0 bridgehead atoms. The van der Waals surface area contributed by atoms with Crippen molar-refractivity contribution in [3.05, 3.63) is 41.6 Å². The number of fused-ring (bicyclic) bond motifs is 1. The minimum Gasteiger partial charge on any atom is -0.352 e. The van der Waals surface area contributed by atoms with Crippen molar-refractivity contribution >= 4 is 16.8 Å². The van der Waals surface area contributed by atoms with E-state index in [-0.39, 0.29) is 5.91 Å². The van der Waals surface area contributed by atoms with Gasteiger partial charge in [-0.3, -0.25) is 14.7 Å². The highest BCUT2D eigenvalue weighted by atomic mass is 16.1. The van der Waals surface area contributed by atoms with Gasteiger partial charge in [-0.15, -0.1) is 0 Å². The largest absolute Gasteiger partial charge is 0.352 e. The second-order valence-electron chi connectivity index (χ2n) is 7.43. The first kappa shape index (κ1) is 18.8. The Morgan fingerprint density at radius 1 is 1.23 bits per heavy atom. The molecule has 140 valence electrons. The van der Waals surface area contributed by atoms with Gasteiger partial charge in [0.05, 0.1) is 5.52 Å². The number of nitrogens with one attached hydrogen (secondary N) is 1. The molecule has 1 saturated heterocycles. The first-order valence-corrected chi connectivity index (χ1v) is 9.57. The predicted molar refractivity (Wildman–Crippen MR) is 106 cm³/mol. The van der Waals surface area contributed by atoms with E-state index in [1.807, 2.05) is 12.1 Å². The summed E-state index contributed by atoms with van der Waals surface area (Å²) >= 11 is 0. The summed E-state index contributed by atoms with van der Waals surface area (Å²) in [6.07, 6.45) is 3.29. The Labute approximate surface area is 156 Å². The van der Waals surface area contributed by atoms with Crippen LogP contribution in [0, 0.1) is 6.92 Å². The van der Waals surface area contributed by atoms with E-state index in [1.165, 1.54) is 5.56 Å². The van der Waals surface area contributed by atoms with Crippen LogP contribution in [0.3, 0.4) is 0 Å². The normalized spacial score (nSPS) is 17.3. The number of benzene rings is 1. The molecule has 5 heteroatoms. The van der Waals surface area contributed by atoms with Gasteiger partial charge in [0, 0.05) is 56.8 Å². The zero-order valence-electron chi connectivity index (χ0n) is 16.2. The molecular weight excluding hydrogens is 324 g/mol. The molecule has 5 nitrogen and oxygen atoms in total. The molecule has 0 unspecified atom stereocenters. The van der Waals surface area contributed by atoms with Crippen LogP contribution < -0.4 is 5.32 Å². The monoisotopic (exact) mass is 354 g/mol. The van der Waals surface area contributed by atoms with E-state index in [9.17, 15) is 4.79 Å². The molecule has 0 aliphatic carbocycles. The molecule has 26 heavy (non-hydrogen) atoms. The molecule has 0 saturated carbocycles. The van der Waals surface area contributed by atoms with Crippen LogP contribution in [0.25, 0.3) is 10.9 Å². The lowest BCUT2D eigenvalue weighted by atomic mass is 10.0. The summed E-state index contributed by atoms with van der Waals surface area (Å²) in [5.41, 5.74) is 3.33. The lowest BCUT2D eigenvalue weighted by molar-refractivity contribution is -0.121. The number of carbonyl (C=O) groups is 1. The quantitative estimate of drug-likeness (QED) is 0.866. The number of aryl methyl sites for hydroxylation is 1. The summed E-state index contributed by atoms with van der Waals surface area (Å²) < 4.78 is 0. The summed E-state index contributed by atoms with van der Waals surface area (Å²) in [5.74, 6) is 0.131. The van der Waals surface area contributed by atoms with E-state index >= 15 is 0 Å². The second-order valence-corrected chi connectivity index (χ2v) is 7.43. The molecule has 1 amide bonds. The van der Waals surface area contributed by atoms with Crippen LogP contribution in [-0.2, 0) is 11.3 Å². The summed E-state index contributed by atoms with van der Waals surface area (Å²) in [6, 6.07) is 8.59. The van der Waals surface area contributed by atoms with Crippen LogP contribution in [0.5, 0.6) is 0 Å². The number of hydrogen-bond donors (Lipinski definition) is 1. The molecule has 1 atom stereocenters. The van der Waals surface area contributed by atoms with E-state index in [0.29, 0.717) is 19.0 Å². The minimum absolute atomic E-state index is 0.131. The zero-order chi connectivity index (χ0) is 18.5. The highest BCUT2D eigenvalue weighted by molar-refractivity contribution is 5.84. The Morgan fingerprint density at radius 2 is 2.00 bits per heavy atom. The summed E-state index contributed by atoms with van der Waals surface area (Å²) in [5, 5.41) is 4.23. The van der Waals surface area contributed by atoms with Gasteiger partial charge in [-0.25, -0.2) is 0 Å². The SMILES string of the molecule is Cc1ccc2ncccc2c1CNC(=O)CC[C@@H](C)N1CCN(C)CC1. The zero-order valence-corrected chi connectivity index (χ0v) is 16.2. The maximum atomic E-state index is 12.3. The van der Waals surface area contributed by atoms with Crippen LogP contribution >= 0.6 is 0 Å². The van der Waals surface area contributed by atoms with Gasteiger partial charge in [-0.2, -0.15) is 0 Å². The fraction of sp³-hybridized carbons (Fsp3) is 0.524. The van der Waals surface area contributed by atoms with Crippen molar-refractivity contribution in [2.75, 3.05) is 33.2 Å². The number of hydrogen-bond acceptors (Lipinski definition) is 4. The lowest BCUT2D eigenvalue weighted by Gasteiger charge is -2.36. The lowest BCUT2D eigenvalue weighted by Crippen LogP contribution is -2.48. The van der Waals surface area contributed by atoms with Crippen LogP contribution in [0.2, 0.25) is 0 Å². The van der Waals surface area contributed by atoms with Gasteiger partial charge in [0.1, 0.15) is 0 Å². The summed E-state index contributed by atoms with van der Waals surface area (Å²) in [6.45, 7) is 9.32. The smallest absolute Gasteiger partial charge is 0.220 e. The maximum absolute atomic E-state index is 12.3. The van der Waals surface area contributed by atoms with E-state index in [1.54, 1.807) is 6.20 Å². The molecule has 1 fully saturated rings. The van der Waals surface area contributed by atoms with E-state index in [4.69, 9.17) is 0 Å². The number of likely N-dealkylation sites (N-methyl/N-ethyl adjacent to an activating group) is 1. The highest BCUT2D eigenvalue weighted by Crippen LogP contribution is 2.20. The summed E-state index contributed by atoms with van der Waals surface area (Å²) in [4.78, 5) is 21.6. The van der Waals surface area contributed by atoms with Crippen molar-refractivity contribution in [3.8, 4) is 0 Å². The van der Waals surface area contributed by atoms with Crippen LogP contribution in [0.4, 0.5) is 0 Å². The van der Waals surface area contributed by atoms with Crippen molar-refractivity contribution in [1.29, 1.82) is 0 Å². The van der Waals surface area contributed by atoms with Crippen molar-refractivity contribution in [1.82, 2.24) is 20.1 Å². The topological polar surface area (TPSA) is 48.5 Å². The van der Waals surface area contributed by atoms with Crippen LogP contribution in [0.15, 0.2) is 30.5 Å². The molecule has 1 aliphatic heterocycles. The molecule has 0 radical (unpaired) electrons. The molecule has 3 rings (SSSR count). The van der Waals surface area contributed by atoms with Crippen molar-refractivity contribution < 1.29 is 4.79 Å². The van der Waals surface area contributed by atoms with E-state index < -0.39 is 0 Å². The Balaban J connectivity index is 1.51. The number of amides is 1. The third-order valence-corrected chi connectivity index (χ3v) is 5.54. The Hall–Kier alpha value is -1.98. The second kappa shape index (κ2) is 8.60. The maximum Gasteiger partial charge on any atom is 0.220 e. The molecule has 1 N–H and O–H groups in total. The van der Waals surface area contributed by atoms with Crippen molar-refractivity contribution in [3.63, 3.8) is 0 Å². The average molecular weight is 354 g/mol. The fourth-order valence-corrected chi connectivity index (χ4v) is 3.62. The van der Waals surface area contributed by atoms with Crippen molar-refractivity contribution in [2.24, 2.45) is 0 Å². The highest BCUT2D eigenvalue weighted by Gasteiger charge is 2.19. The number of aromatic nitrogens is 1. The Bertz CT molecular complexity index is 753. The summed E-state index contributed by atoms with van der Waals surface area (Å²) in [7, 11) is 2.17. The molecular formula is C21H30N4O. The van der Waals surface area contributed by atoms with Gasteiger partial charge >= 0.3 is 0 Å². The Morgan fingerprint density at radius 3 is 2.77 bits per heavy atom. The number of pyridine rings is 1. The third kappa shape index (κ3) is 4.59. The first-order valence-electron chi connectivity index (χ1n) is 9.57. The van der Waals surface area contributed by atoms with Gasteiger partial charge in [-0.05, 0) is 50.6 Å². The van der Waals surface area contributed by atoms with Gasteiger partial charge < -0.3 is 10.2 Å². The van der Waals surface area contributed by atoms with Gasteiger partial charge in [-0.1, -0.05) is 12.1 Å². The average Bonchev–Trinajstić information content (AvgIpc) is 2.66. The standard InChI is InChI=1S/C21H30N4O/c1-16-6-8-20-18(5-4-10-22-20)19(16)15-23-21(26)9-7-17(2)25-13-11-24(3)12-14-25/h4-6,8,10,17H,7,9,11-15H2,1-3H3,(H,23,26)/t17-/m1/s1. The van der Waals surface area contributed by atoms with Crippen LogP contribution in [-0.4, -0.2) is 60.0 Å². The van der Waals surface area contributed by atoms with Gasteiger partial charge in [0.25, 0.3) is 0 Å². The Kier molecular flexibility index (Phi) is 6.22. The number of piperazine rings is 1. The third-order valence-electron chi connectivity index (χ3n) is 5.54. The van der Waals surface area contributed by atoms with E-state index in [0.717, 1.165) is 49.1 Å². The minimum atomic E-state index is 0.131. The first-order chi connectivity index (χ1) is 12.5. The van der Waals surface area contributed by atoms with Crippen LogP contribution in [0.1, 0.15) is 30.9 Å². The van der Waals surface area contributed by atoms with Gasteiger partial charge in [0.15, 0.2) is 0 Å². The van der Waals surface area contributed by atoms with Crippen molar-refractivity contribution in [2.45, 2.75) is 39.3 Å². The van der Waals surface area contributed by atoms with E-state index in [2.05, 4.69) is 53.1 Å². The molecule has 1 aliphatic rings. The fourth-order valence-electron chi connectivity index (χ4n) is 3.62. The number of rotatable bonds is 6. The molecule has 0 spiro atoms. The predicted octanol–water partition coefficient (Wildman–Crippen LogP) is 2.58.